The molecule has 9 heteroatoms. The number of hydrogen-bond donors (Lipinski definition) is 0. The van der Waals surface area contributed by atoms with Gasteiger partial charge in [-0.2, -0.15) is 0 Å². The van der Waals surface area contributed by atoms with Crippen LogP contribution in [0.15, 0.2) is 41.2 Å². The summed E-state index contributed by atoms with van der Waals surface area (Å²) in [6.07, 6.45) is 5.28. The van der Waals surface area contributed by atoms with Crippen molar-refractivity contribution in [2.75, 3.05) is 31.1 Å². The van der Waals surface area contributed by atoms with Crippen LogP contribution in [0.3, 0.4) is 0 Å². The van der Waals surface area contributed by atoms with Crippen LogP contribution < -0.4 is 4.90 Å². The van der Waals surface area contributed by atoms with Crippen LogP contribution in [0.2, 0.25) is 0 Å². The third-order valence-corrected chi connectivity index (χ3v) is 4.84. The molecule has 9 nitrogen and oxygen atoms in total. The molecule has 136 valence electrons. The van der Waals surface area contributed by atoms with Gasteiger partial charge in [-0.1, -0.05) is 0 Å². The van der Waals surface area contributed by atoms with Gasteiger partial charge < -0.3 is 14.2 Å². The van der Waals surface area contributed by atoms with E-state index in [1.807, 2.05) is 23.6 Å². The number of amides is 1. The molecule has 1 saturated heterocycles. The van der Waals surface area contributed by atoms with Gasteiger partial charge in [-0.3, -0.25) is 14.2 Å². The minimum atomic E-state index is -0.114. The molecule has 0 aliphatic carbocycles. The van der Waals surface area contributed by atoms with Gasteiger partial charge in [-0.05, 0) is 19.1 Å². The van der Waals surface area contributed by atoms with E-state index >= 15 is 0 Å². The molecule has 0 N–H and O–H groups in total. The molecule has 4 aromatic rings. The van der Waals surface area contributed by atoms with Crippen LogP contribution >= 0.6 is 0 Å². The number of carbonyl (C=O) groups excluding carboxylic acids is 1. The number of rotatable bonds is 2. The van der Waals surface area contributed by atoms with Crippen LogP contribution in [0.25, 0.3) is 16.7 Å². The van der Waals surface area contributed by atoms with Gasteiger partial charge in [-0.25, -0.2) is 4.98 Å². The van der Waals surface area contributed by atoms with E-state index in [9.17, 15) is 4.79 Å². The number of piperazine rings is 1. The number of fused-ring (bicyclic) bond motifs is 2. The fourth-order valence-electron chi connectivity index (χ4n) is 3.40. The lowest BCUT2D eigenvalue weighted by molar-refractivity contribution is 0.0717. The van der Waals surface area contributed by atoms with E-state index in [1.54, 1.807) is 29.4 Å². The maximum atomic E-state index is 12.8. The predicted molar refractivity (Wildman–Crippen MR) is 97.6 cm³/mol. The Kier molecular flexibility index (Phi) is 3.52. The Bertz CT molecular complexity index is 1110. The lowest BCUT2D eigenvalue weighted by atomic mass is 10.2. The maximum Gasteiger partial charge on any atom is 0.289 e. The van der Waals surface area contributed by atoms with Crippen LogP contribution in [-0.4, -0.2) is 61.6 Å². The topological polar surface area (TPSA) is 92.7 Å². The largest absolute Gasteiger partial charge is 0.449 e. The molecule has 27 heavy (non-hydrogen) atoms. The Morgan fingerprint density at radius 3 is 2.78 bits per heavy atom. The van der Waals surface area contributed by atoms with Gasteiger partial charge in [0.2, 0.25) is 5.65 Å². The number of hydrogen-bond acceptors (Lipinski definition) is 7. The molecule has 0 aromatic carbocycles. The first-order chi connectivity index (χ1) is 13.2. The second kappa shape index (κ2) is 6.04. The molecular formula is C18H17N7O2. The van der Waals surface area contributed by atoms with E-state index in [2.05, 4.69) is 25.1 Å². The average Bonchev–Trinajstić information content (AvgIpc) is 3.31. The van der Waals surface area contributed by atoms with Gasteiger partial charge in [0.15, 0.2) is 17.2 Å². The molecule has 0 spiro atoms. The Hall–Kier alpha value is -3.49. The molecule has 1 fully saturated rings. The number of aryl methyl sites for hydroxylation is 1. The summed E-state index contributed by atoms with van der Waals surface area (Å²) in [5.74, 6) is 1.82. The van der Waals surface area contributed by atoms with Crippen molar-refractivity contribution in [1.82, 2.24) is 29.5 Å². The zero-order valence-corrected chi connectivity index (χ0v) is 14.7. The predicted octanol–water partition coefficient (Wildman–Crippen LogP) is 1.54. The highest BCUT2D eigenvalue weighted by Gasteiger charge is 2.26. The van der Waals surface area contributed by atoms with Crippen LogP contribution in [-0.2, 0) is 0 Å². The lowest BCUT2D eigenvalue weighted by Crippen LogP contribution is -2.49. The molecule has 0 unspecified atom stereocenters. The van der Waals surface area contributed by atoms with Crippen molar-refractivity contribution in [1.29, 1.82) is 0 Å². The highest BCUT2D eigenvalue weighted by molar-refractivity contribution is 5.95. The third kappa shape index (κ3) is 2.59. The van der Waals surface area contributed by atoms with Gasteiger partial charge >= 0.3 is 0 Å². The van der Waals surface area contributed by atoms with Crippen molar-refractivity contribution in [2.24, 2.45) is 0 Å². The van der Waals surface area contributed by atoms with E-state index in [1.165, 1.54) is 0 Å². The molecular weight excluding hydrogens is 346 g/mol. The number of aromatic nitrogens is 5. The van der Waals surface area contributed by atoms with Crippen molar-refractivity contribution in [3.05, 3.63) is 48.4 Å². The van der Waals surface area contributed by atoms with E-state index < -0.39 is 0 Å². The van der Waals surface area contributed by atoms with E-state index in [-0.39, 0.29) is 5.91 Å². The first-order valence-electron chi connectivity index (χ1n) is 8.76. The molecule has 0 atom stereocenters. The zero-order valence-electron chi connectivity index (χ0n) is 14.7. The molecule has 1 aliphatic heterocycles. The number of furan rings is 1. The molecule has 0 radical (unpaired) electrons. The van der Waals surface area contributed by atoms with E-state index in [4.69, 9.17) is 4.42 Å². The Morgan fingerprint density at radius 2 is 1.96 bits per heavy atom. The molecule has 5 heterocycles. The second-order valence-corrected chi connectivity index (χ2v) is 6.47. The number of pyridine rings is 1. The summed E-state index contributed by atoms with van der Waals surface area (Å²) >= 11 is 0. The Morgan fingerprint density at radius 1 is 1.11 bits per heavy atom. The fraction of sp³-hybridized carbons (Fsp3) is 0.278. The summed E-state index contributed by atoms with van der Waals surface area (Å²) in [7, 11) is 0. The van der Waals surface area contributed by atoms with Gasteiger partial charge in [0.25, 0.3) is 5.91 Å². The van der Waals surface area contributed by atoms with Crippen LogP contribution in [0.1, 0.15) is 16.4 Å². The molecule has 1 aliphatic rings. The smallest absolute Gasteiger partial charge is 0.289 e. The Balaban J connectivity index is 1.34. The standard InChI is InChI=1S/C18H17N7O2/c1-12-21-22-17-16(20-5-6-25(12)17)23-7-9-24(10-8-23)18(26)15-11-13-14(27-15)3-2-4-19-13/h2-6,11H,7-10H2,1H3. The quantitative estimate of drug-likeness (QED) is 0.533. The number of anilines is 1. The minimum absolute atomic E-state index is 0.114. The van der Waals surface area contributed by atoms with E-state index in [0.29, 0.717) is 43.0 Å². The normalized spacial score (nSPS) is 15.0. The fourth-order valence-corrected chi connectivity index (χ4v) is 3.40. The van der Waals surface area contributed by atoms with Crippen LogP contribution in [0.4, 0.5) is 5.82 Å². The SMILES string of the molecule is Cc1nnc2c(N3CCN(C(=O)c4cc5ncccc5o4)CC3)nccn12. The van der Waals surface area contributed by atoms with Gasteiger partial charge in [0.05, 0.1) is 0 Å². The Labute approximate surface area is 154 Å². The van der Waals surface area contributed by atoms with Crippen molar-refractivity contribution in [2.45, 2.75) is 6.92 Å². The maximum absolute atomic E-state index is 12.8. The second-order valence-electron chi connectivity index (χ2n) is 6.47. The summed E-state index contributed by atoms with van der Waals surface area (Å²) in [5, 5.41) is 8.34. The summed E-state index contributed by atoms with van der Waals surface area (Å²) in [5.41, 5.74) is 2.05. The highest BCUT2D eigenvalue weighted by atomic mass is 16.3. The average molecular weight is 363 g/mol. The molecule has 5 rings (SSSR count). The molecule has 4 aromatic heterocycles. The van der Waals surface area contributed by atoms with Crippen molar-refractivity contribution >= 4 is 28.5 Å². The van der Waals surface area contributed by atoms with E-state index in [0.717, 1.165) is 17.3 Å². The summed E-state index contributed by atoms with van der Waals surface area (Å²) in [6, 6.07) is 5.30. The molecule has 0 saturated carbocycles. The minimum Gasteiger partial charge on any atom is -0.449 e. The summed E-state index contributed by atoms with van der Waals surface area (Å²) < 4.78 is 7.57. The molecule has 0 bridgehead atoms. The lowest BCUT2D eigenvalue weighted by Gasteiger charge is -2.34. The number of carbonyl (C=O) groups is 1. The van der Waals surface area contributed by atoms with Crippen LogP contribution in [0.5, 0.6) is 0 Å². The van der Waals surface area contributed by atoms with Crippen molar-refractivity contribution in [3.8, 4) is 0 Å². The first-order valence-corrected chi connectivity index (χ1v) is 8.76. The zero-order chi connectivity index (χ0) is 18.4. The highest BCUT2D eigenvalue weighted by Crippen LogP contribution is 2.22. The molecule has 1 amide bonds. The van der Waals surface area contributed by atoms with Gasteiger partial charge in [0.1, 0.15) is 11.3 Å². The van der Waals surface area contributed by atoms with Gasteiger partial charge in [-0.15, -0.1) is 10.2 Å². The third-order valence-electron chi connectivity index (χ3n) is 4.84. The van der Waals surface area contributed by atoms with Gasteiger partial charge in [0, 0.05) is 50.8 Å². The first kappa shape index (κ1) is 15.7. The van der Waals surface area contributed by atoms with Crippen molar-refractivity contribution < 1.29 is 9.21 Å². The number of nitrogens with zero attached hydrogens (tertiary/aromatic N) is 7. The summed E-state index contributed by atoms with van der Waals surface area (Å²) in [6.45, 7) is 4.41. The van der Waals surface area contributed by atoms with Crippen LogP contribution in [0, 0.1) is 6.92 Å². The monoisotopic (exact) mass is 363 g/mol. The summed E-state index contributed by atoms with van der Waals surface area (Å²) in [4.78, 5) is 25.4. The van der Waals surface area contributed by atoms with Crippen molar-refractivity contribution in [3.63, 3.8) is 0 Å².